The molecule has 0 saturated heterocycles. The summed E-state index contributed by atoms with van der Waals surface area (Å²) in [7, 11) is -3.86. The summed E-state index contributed by atoms with van der Waals surface area (Å²) in [6.45, 7) is 6.00. The van der Waals surface area contributed by atoms with Gasteiger partial charge in [0.15, 0.2) is 5.82 Å². The molecule has 29 heavy (non-hydrogen) atoms. The quantitative estimate of drug-likeness (QED) is 0.606. The van der Waals surface area contributed by atoms with Gasteiger partial charge in [0.1, 0.15) is 5.76 Å². The van der Waals surface area contributed by atoms with Crippen LogP contribution >= 0.6 is 0 Å². The van der Waals surface area contributed by atoms with Crippen LogP contribution in [-0.4, -0.2) is 19.7 Å². The number of benzene rings is 2. The number of aryl methyl sites for hydroxylation is 2. The molecule has 1 fully saturated rings. The van der Waals surface area contributed by atoms with E-state index in [2.05, 4.69) is 9.88 Å². The molecule has 1 heterocycles. The Hall–Kier alpha value is -2.64. The molecule has 7 heteroatoms. The van der Waals surface area contributed by atoms with Crippen LogP contribution in [0.25, 0.3) is 11.1 Å². The highest BCUT2D eigenvalue weighted by molar-refractivity contribution is 7.92. The van der Waals surface area contributed by atoms with E-state index in [-0.39, 0.29) is 10.7 Å². The van der Waals surface area contributed by atoms with E-state index in [0.29, 0.717) is 29.6 Å². The van der Waals surface area contributed by atoms with Crippen molar-refractivity contribution in [3.8, 4) is 11.1 Å². The molecule has 152 valence electrons. The van der Waals surface area contributed by atoms with Crippen LogP contribution in [-0.2, 0) is 21.4 Å². The van der Waals surface area contributed by atoms with E-state index < -0.39 is 10.0 Å². The summed E-state index contributed by atoms with van der Waals surface area (Å²) in [4.78, 5) is 0.193. The van der Waals surface area contributed by atoms with Crippen LogP contribution in [0.5, 0.6) is 0 Å². The smallest absolute Gasteiger partial charge is 0.263 e. The molecule has 0 unspecified atom stereocenters. The van der Waals surface area contributed by atoms with Gasteiger partial charge in [-0.3, -0.25) is 4.72 Å². The Kier molecular flexibility index (Phi) is 5.19. The molecular formula is C22H24N2O4S. The number of rotatable bonds is 7. The number of hydrogen-bond acceptors (Lipinski definition) is 5. The average molecular weight is 413 g/mol. The van der Waals surface area contributed by atoms with E-state index in [0.717, 1.165) is 29.5 Å². The number of sulfonamides is 1. The Morgan fingerprint density at radius 2 is 1.79 bits per heavy atom. The molecule has 0 amide bonds. The van der Waals surface area contributed by atoms with Gasteiger partial charge < -0.3 is 9.26 Å². The van der Waals surface area contributed by atoms with Crippen molar-refractivity contribution >= 4 is 15.8 Å². The standard InChI is InChI=1S/C22H24N2O4S/c1-14-7-6-9-18(20(14)13-27-17-11-12-17)19-8-4-5-10-21(19)29(25,26)24-22-15(2)16(3)28-23-22/h4-10,17H,11-13H2,1-3H3,(H,23,24). The van der Waals surface area contributed by atoms with Gasteiger partial charge in [-0.1, -0.05) is 41.6 Å². The molecule has 0 bridgehead atoms. The molecule has 4 rings (SSSR count). The van der Waals surface area contributed by atoms with E-state index >= 15 is 0 Å². The number of anilines is 1. The maximum atomic E-state index is 13.2. The van der Waals surface area contributed by atoms with Crippen LogP contribution in [0, 0.1) is 20.8 Å². The van der Waals surface area contributed by atoms with E-state index in [9.17, 15) is 8.42 Å². The van der Waals surface area contributed by atoms with Crippen LogP contribution in [0.4, 0.5) is 5.82 Å². The van der Waals surface area contributed by atoms with Gasteiger partial charge in [0.2, 0.25) is 0 Å². The molecule has 1 aromatic heterocycles. The van der Waals surface area contributed by atoms with Crippen molar-refractivity contribution in [3.05, 3.63) is 64.9 Å². The Labute approximate surface area is 170 Å². The number of nitrogens with zero attached hydrogens (tertiary/aromatic N) is 1. The molecule has 0 radical (unpaired) electrons. The summed E-state index contributed by atoms with van der Waals surface area (Å²) >= 11 is 0. The Morgan fingerprint density at radius 1 is 1.07 bits per heavy atom. The van der Waals surface area contributed by atoms with E-state index in [1.165, 1.54) is 0 Å². The van der Waals surface area contributed by atoms with Crippen molar-refractivity contribution in [3.63, 3.8) is 0 Å². The third kappa shape index (κ3) is 4.06. The predicted molar refractivity (Wildman–Crippen MR) is 111 cm³/mol. The Bertz CT molecular complexity index is 1150. The normalized spacial score (nSPS) is 14.2. The molecule has 2 aromatic carbocycles. The second-order valence-corrected chi connectivity index (χ2v) is 9.08. The maximum Gasteiger partial charge on any atom is 0.263 e. The van der Waals surface area contributed by atoms with Crippen LogP contribution in [0.1, 0.15) is 35.3 Å². The average Bonchev–Trinajstić information content (AvgIpc) is 3.48. The van der Waals surface area contributed by atoms with Gasteiger partial charge in [-0.2, -0.15) is 0 Å². The highest BCUT2D eigenvalue weighted by atomic mass is 32.2. The molecule has 1 aliphatic rings. The highest BCUT2D eigenvalue weighted by Crippen LogP contribution is 2.34. The van der Waals surface area contributed by atoms with Crippen LogP contribution in [0.2, 0.25) is 0 Å². The lowest BCUT2D eigenvalue weighted by Gasteiger charge is -2.16. The fourth-order valence-electron chi connectivity index (χ4n) is 3.20. The molecule has 0 aliphatic heterocycles. The van der Waals surface area contributed by atoms with Crippen molar-refractivity contribution in [2.24, 2.45) is 0 Å². The van der Waals surface area contributed by atoms with E-state index in [4.69, 9.17) is 9.26 Å². The Morgan fingerprint density at radius 3 is 2.48 bits per heavy atom. The minimum absolute atomic E-state index is 0.193. The minimum Gasteiger partial charge on any atom is -0.374 e. The van der Waals surface area contributed by atoms with Gasteiger partial charge >= 0.3 is 0 Å². The zero-order chi connectivity index (χ0) is 20.6. The van der Waals surface area contributed by atoms with Crippen molar-refractivity contribution in [2.45, 2.75) is 51.2 Å². The van der Waals surface area contributed by atoms with Gasteiger partial charge in [-0.25, -0.2) is 8.42 Å². The zero-order valence-electron chi connectivity index (χ0n) is 16.7. The number of ether oxygens (including phenoxy) is 1. The van der Waals surface area contributed by atoms with Gasteiger partial charge in [-0.05, 0) is 56.4 Å². The van der Waals surface area contributed by atoms with E-state index in [1.54, 1.807) is 26.0 Å². The van der Waals surface area contributed by atoms with Crippen molar-refractivity contribution in [1.29, 1.82) is 0 Å². The maximum absolute atomic E-state index is 13.2. The number of aromatic nitrogens is 1. The molecule has 0 spiro atoms. The first-order valence-electron chi connectivity index (χ1n) is 9.62. The fraction of sp³-hybridized carbons (Fsp3) is 0.318. The lowest BCUT2D eigenvalue weighted by molar-refractivity contribution is 0.106. The third-order valence-electron chi connectivity index (χ3n) is 5.25. The molecule has 1 N–H and O–H groups in total. The summed E-state index contributed by atoms with van der Waals surface area (Å²) in [5.41, 5.74) is 4.25. The molecule has 6 nitrogen and oxygen atoms in total. The van der Waals surface area contributed by atoms with Crippen molar-refractivity contribution in [1.82, 2.24) is 5.16 Å². The monoisotopic (exact) mass is 412 g/mol. The second kappa shape index (κ2) is 7.65. The summed E-state index contributed by atoms with van der Waals surface area (Å²) in [6.07, 6.45) is 2.50. The number of hydrogen-bond donors (Lipinski definition) is 1. The van der Waals surface area contributed by atoms with Gasteiger partial charge in [0.25, 0.3) is 10.0 Å². The van der Waals surface area contributed by atoms with E-state index in [1.807, 2.05) is 37.3 Å². The molecule has 1 aliphatic carbocycles. The van der Waals surface area contributed by atoms with Crippen LogP contribution in [0.3, 0.4) is 0 Å². The first-order valence-corrected chi connectivity index (χ1v) is 11.1. The molecule has 1 saturated carbocycles. The van der Waals surface area contributed by atoms with Gasteiger partial charge in [0.05, 0.1) is 17.6 Å². The minimum atomic E-state index is -3.86. The molecule has 3 aromatic rings. The summed E-state index contributed by atoms with van der Waals surface area (Å²) in [5.74, 6) is 0.785. The largest absolute Gasteiger partial charge is 0.374 e. The summed E-state index contributed by atoms with van der Waals surface area (Å²) < 4.78 is 40.0. The van der Waals surface area contributed by atoms with Crippen LogP contribution < -0.4 is 4.72 Å². The number of nitrogens with one attached hydrogen (secondary N) is 1. The van der Waals surface area contributed by atoms with Gasteiger partial charge in [0, 0.05) is 11.1 Å². The highest BCUT2D eigenvalue weighted by Gasteiger charge is 2.25. The lowest BCUT2D eigenvalue weighted by Crippen LogP contribution is -2.15. The Balaban J connectivity index is 1.76. The predicted octanol–water partition coefficient (Wildman–Crippen LogP) is 4.75. The first-order chi connectivity index (χ1) is 13.9. The molecule has 0 atom stereocenters. The van der Waals surface area contributed by atoms with Gasteiger partial charge in [-0.15, -0.1) is 0 Å². The molecular weight excluding hydrogens is 388 g/mol. The lowest BCUT2D eigenvalue weighted by atomic mass is 9.96. The van der Waals surface area contributed by atoms with Crippen molar-refractivity contribution in [2.75, 3.05) is 4.72 Å². The third-order valence-corrected chi connectivity index (χ3v) is 6.65. The first kappa shape index (κ1) is 19.7. The topological polar surface area (TPSA) is 81.4 Å². The van der Waals surface area contributed by atoms with Crippen molar-refractivity contribution < 1.29 is 17.7 Å². The second-order valence-electron chi connectivity index (χ2n) is 7.43. The SMILES string of the molecule is Cc1cccc(-c2ccccc2S(=O)(=O)Nc2noc(C)c2C)c1COC1CC1. The fourth-order valence-corrected chi connectivity index (χ4v) is 4.48. The zero-order valence-corrected chi connectivity index (χ0v) is 17.5. The van der Waals surface area contributed by atoms with Crippen LogP contribution in [0.15, 0.2) is 51.9 Å². The summed E-state index contributed by atoms with van der Waals surface area (Å²) in [6, 6.07) is 12.9. The summed E-state index contributed by atoms with van der Waals surface area (Å²) in [5, 5.41) is 3.83.